The van der Waals surface area contributed by atoms with Gasteiger partial charge in [0.1, 0.15) is 0 Å². The third kappa shape index (κ3) is 5.71. The smallest absolute Gasteiger partial charge is 0.0713 e. The molecule has 0 saturated heterocycles. The summed E-state index contributed by atoms with van der Waals surface area (Å²) in [7, 11) is 0. The molecule has 0 spiro atoms. The zero-order chi connectivity index (χ0) is 42.9. The van der Waals surface area contributed by atoms with Crippen LogP contribution in [0, 0.1) is 0 Å². The Balaban J connectivity index is 1.11. The van der Waals surface area contributed by atoms with Crippen LogP contribution in [0.2, 0.25) is 0 Å². The van der Waals surface area contributed by atoms with Gasteiger partial charge >= 0.3 is 0 Å². The monoisotopic (exact) mass is 843 g/mol. The van der Waals surface area contributed by atoms with E-state index in [1.165, 1.54) is 103 Å². The molecular formula is C63H41NS. The van der Waals surface area contributed by atoms with E-state index in [-0.39, 0.29) is 0 Å². The summed E-state index contributed by atoms with van der Waals surface area (Å²) in [4.78, 5) is 2.57. The first-order valence-corrected chi connectivity index (χ1v) is 23.2. The van der Waals surface area contributed by atoms with Crippen LogP contribution >= 0.6 is 11.3 Å². The van der Waals surface area contributed by atoms with Crippen LogP contribution in [0.15, 0.2) is 249 Å². The standard InChI is InChI=1S/C63H41NS/c1-3-18-42(19-4-1)43-34-36-44(37-35-43)60-53-27-9-7-22-48(53)49-23-8-10-28-54(49)61(60)64(58-32-17-29-55-52-26-13-16-33-59(52)65-62(55)58)47-40-38-46(39-41-47)63(45-20-5-2-6-21-45)56-30-14-11-24-50(56)51-25-12-15-31-57(51)63/h1-41H. The van der Waals surface area contributed by atoms with Gasteiger partial charge < -0.3 is 4.90 Å². The maximum atomic E-state index is 2.57. The lowest BCUT2D eigenvalue weighted by atomic mass is 9.67. The zero-order valence-corrected chi connectivity index (χ0v) is 36.3. The van der Waals surface area contributed by atoms with Crippen molar-refractivity contribution in [3.63, 3.8) is 0 Å². The number of thiophene rings is 1. The van der Waals surface area contributed by atoms with E-state index in [0.717, 1.165) is 11.4 Å². The molecule has 2 heteroatoms. The van der Waals surface area contributed by atoms with Crippen molar-refractivity contribution in [3.05, 3.63) is 271 Å². The third-order valence-electron chi connectivity index (χ3n) is 13.8. The average Bonchev–Trinajstić information content (AvgIpc) is 3.92. The molecule has 0 fully saturated rings. The van der Waals surface area contributed by atoms with Crippen molar-refractivity contribution in [2.75, 3.05) is 4.90 Å². The van der Waals surface area contributed by atoms with Gasteiger partial charge in [-0.3, -0.25) is 0 Å². The van der Waals surface area contributed by atoms with Crippen LogP contribution < -0.4 is 4.90 Å². The molecule has 0 aliphatic heterocycles. The van der Waals surface area contributed by atoms with Crippen molar-refractivity contribution in [1.29, 1.82) is 0 Å². The fraction of sp³-hybridized carbons (Fsp3) is 0.0159. The fourth-order valence-corrected chi connectivity index (χ4v) is 12.2. The van der Waals surface area contributed by atoms with E-state index in [2.05, 4.69) is 254 Å². The Morgan fingerprint density at radius 3 is 1.51 bits per heavy atom. The summed E-state index contributed by atoms with van der Waals surface area (Å²) in [6.45, 7) is 0. The summed E-state index contributed by atoms with van der Waals surface area (Å²) in [6, 6.07) is 92.2. The minimum absolute atomic E-state index is 0.495. The van der Waals surface area contributed by atoms with Crippen molar-refractivity contribution >= 4 is 70.1 Å². The van der Waals surface area contributed by atoms with Gasteiger partial charge in [-0.2, -0.15) is 0 Å². The van der Waals surface area contributed by atoms with Gasteiger partial charge in [-0.25, -0.2) is 0 Å². The number of rotatable bonds is 7. The Morgan fingerprint density at radius 2 is 0.815 bits per heavy atom. The van der Waals surface area contributed by atoms with Crippen LogP contribution in [-0.2, 0) is 5.41 Å². The van der Waals surface area contributed by atoms with E-state index in [9.17, 15) is 0 Å². The van der Waals surface area contributed by atoms with Crippen LogP contribution in [0.3, 0.4) is 0 Å². The Hall–Kier alpha value is -8.04. The zero-order valence-electron chi connectivity index (χ0n) is 35.5. The molecule has 13 rings (SSSR count). The van der Waals surface area contributed by atoms with Gasteiger partial charge in [-0.15, -0.1) is 11.3 Å². The van der Waals surface area contributed by atoms with E-state index in [1.54, 1.807) is 0 Å². The number of hydrogen-bond acceptors (Lipinski definition) is 2. The second kappa shape index (κ2) is 15.1. The van der Waals surface area contributed by atoms with Crippen molar-refractivity contribution < 1.29 is 0 Å². The molecule has 304 valence electrons. The lowest BCUT2D eigenvalue weighted by molar-refractivity contribution is 0.768. The summed E-state index contributed by atoms with van der Waals surface area (Å²) in [5.41, 5.74) is 15.4. The Bertz CT molecular complexity index is 3710. The molecular weight excluding hydrogens is 803 g/mol. The van der Waals surface area contributed by atoms with Gasteiger partial charge in [-0.1, -0.05) is 224 Å². The molecule has 1 heterocycles. The van der Waals surface area contributed by atoms with Crippen LogP contribution in [0.5, 0.6) is 0 Å². The Morgan fingerprint density at radius 1 is 0.323 bits per heavy atom. The molecule has 0 bridgehead atoms. The maximum absolute atomic E-state index is 2.57. The van der Waals surface area contributed by atoms with Gasteiger partial charge in [-0.05, 0) is 90.5 Å². The van der Waals surface area contributed by atoms with E-state index in [1.807, 2.05) is 11.3 Å². The van der Waals surface area contributed by atoms with E-state index >= 15 is 0 Å². The molecule has 0 unspecified atom stereocenters. The third-order valence-corrected chi connectivity index (χ3v) is 15.0. The highest BCUT2D eigenvalue weighted by atomic mass is 32.1. The lowest BCUT2D eigenvalue weighted by Gasteiger charge is -2.35. The van der Waals surface area contributed by atoms with Crippen LogP contribution in [0.4, 0.5) is 17.1 Å². The largest absolute Gasteiger partial charge is 0.308 e. The predicted molar refractivity (Wildman–Crippen MR) is 277 cm³/mol. The first-order valence-electron chi connectivity index (χ1n) is 22.4. The molecule has 12 aromatic rings. The molecule has 11 aromatic carbocycles. The number of benzene rings is 11. The minimum atomic E-state index is -0.495. The predicted octanol–water partition coefficient (Wildman–Crippen LogP) is 17.5. The molecule has 1 aliphatic carbocycles. The topological polar surface area (TPSA) is 3.24 Å². The highest BCUT2D eigenvalue weighted by Crippen LogP contribution is 2.57. The summed E-state index contributed by atoms with van der Waals surface area (Å²) < 4.78 is 2.55. The van der Waals surface area contributed by atoms with Crippen LogP contribution in [0.25, 0.3) is 75.1 Å². The van der Waals surface area contributed by atoms with Crippen LogP contribution in [0.1, 0.15) is 22.3 Å². The molecule has 0 amide bonds. The molecule has 1 nitrogen and oxygen atoms in total. The molecule has 65 heavy (non-hydrogen) atoms. The van der Waals surface area contributed by atoms with Crippen molar-refractivity contribution in [1.82, 2.24) is 0 Å². The maximum Gasteiger partial charge on any atom is 0.0713 e. The molecule has 0 radical (unpaired) electrons. The molecule has 0 atom stereocenters. The SMILES string of the molecule is c1ccc(-c2ccc(-c3c(N(c4ccc(C5(c6ccccc6)c6ccccc6-c6ccccc65)cc4)c4cccc5c4sc4ccccc45)c4ccccc4c4ccccc34)cc2)cc1. The number of hydrogen-bond donors (Lipinski definition) is 0. The highest BCUT2D eigenvalue weighted by molar-refractivity contribution is 7.26. The minimum Gasteiger partial charge on any atom is -0.308 e. The summed E-state index contributed by atoms with van der Waals surface area (Å²) in [5.74, 6) is 0. The Labute approximate surface area is 382 Å². The van der Waals surface area contributed by atoms with E-state index in [4.69, 9.17) is 0 Å². The number of nitrogens with zero attached hydrogens (tertiary/aromatic N) is 1. The second-order valence-electron chi connectivity index (χ2n) is 17.1. The highest BCUT2D eigenvalue weighted by Gasteiger charge is 2.46. The molecule has 0 saturated carbocycles. The van der Waals surface area contributed by atoms with Crippen molar-refractivity contribution in [2.45, 2.75) is 5.41 Å². The van der Waals surface area contributed by atoms with Gasteiger partial charge in [0, 0.05) is 32.1 Å². The molecule has 0 N–H and O–H groups in total. The average molecular weight is 844 g/mol. The van der Waals surface area contributed by atoms with Gasteiger partial charge in [0.2, 0.25) is 0 Å². The molecule has 1 aromatic heterocycles. The fourth-order valence-electron chi connectivity index (χ4n) is 11.0. The van der Waals surface area contributed by atoms with E-state index < -0.39 is 5.41 Å². The van der Waals surface area contributed by atoms with Gasteiger partial charge in [0.05, 0.1) is 21.5 Å². The first-order chi connectivity index (χ1) is 32.3. The van der Waals surface area contributed by atoms with Gasteiger partial charge in [0.25, 0.3) is 0 Å². The second-order valence-corrected chi connectivity index (χ2v) is 18.2. The lowest BCUT2D eigenvalue weighted by Crippen LogP contribution is -2.28. The van der Waals surface area contributed by atoms with Crippen molar-refractivity contribution in [3.8, 4) is 33.4 Å². The normalized spacial score (nSPS) is 12.7. The van der Waals surface area contributed by atoms with Crippen LogP contribution in [-0.4, -0.2) is 0 Å². The number of fused-ring (bicyclic) bond motifs is 9. The summed E-state index contributed by atoms with van der Waals surface area (Å²) >= 11 is 1.88. The number of anilines is 3. The summed E-state index contributed by atoms with van der Waals surface area (Å²) in [6.07, 6.45) is 0. The molecule has 1 aliphatic rings. The van der Waals surface area contributed by atoms with Gasteiger partial charge in [0.15, 0.2) is 0 Å². The first kappa shape index (κ1) is 37.5. The van der Waals surface area contributed by atoms with Crippen molar-refractivity contribution in [2.24, 2.45) is 0 Å². The quantitative estimate of drug-likeness (QED) is 0.145. The Kier molecular flexibility index (Phi) is 8.69. The van der Waals surface area contributed by atoms with E-state index in [0.29, 0.717) is 0 Å². The summed E-state index contributed by atoms with van der Waals surface area (Å²) in [5, 5.41) is 7.46.